The first-order valence-corrected chi connectivity index (χ1v) is 8.86. The van der Waals surface area contributed by atoms with Crippen LogP contribution in [0.2, 0.25) is 0 Å². The van der Waals surface area contributed by atoms with E-state index in [9.17, 15) is 22.0 Å². The van der Waals surface area contributed by atoms with Crippen molar-refractivity contribution in [3.63, 3.8) is 0 Å². The topological polar surface area (TPSA) is 60.4 Å². The molecule has 0 aliphatic rings. The highest BCUT2D eigenvalue weighted by Crippen LogP contribution is 2.21. The highest BCUT2D eigenvalue weighted by molar-refractivity contribution is 7.87. The lowest BCUT2D eigenvalue weighted by Crippen LogP contribution is -2.10. The van der Waals surface area contributed by atoms with Gasteiger partial charge in [-0.15, -0.1) is 0 Å². The number of hydrogen-bond donors (Lipinski definition) is 0. The average Bonchev–Trinajstić information content (AvgIpc) is 2.61. The van der Waals surface area contributed by atoms with Crippen LogP contribution in [0.3, 0.4) is 0 Å². The van der Waals surface area contributed by atoms with Gasteiger partial charge in [0.05, 0.1) is 0 Å². The van der Waals surface area contributed by atoms with Crippen molar-refractivity contribution in [3.8, 4) is 5.75 Å². The molecule has 0 aliphatic carbocycles. The second-order valence-corrected chi connectivity index (χ2v) is 6.91. The van der Waals surface area contributed by atoms with E-state index in [0.717, 1.165) is 0 Å². The molecule has 0 aliphatic heterocycles. The van der Waals surface area contributed by atoms with Gasteiger partial charge in [-0.1, -0.05) is 30.3 Å². The summed E-state index contributed by atoms with van der Waals surface area (Å²) in [6.45, 7) is 0. The van der Waals surface area contributed by atoms with Crippen molar-refractivity contribution in [1.82, 2.24) is 0 Å². The lowest BCUT2D eigenvalue weighted by molar-refractivity contribution is 0.103. The maximum absolute atomic E-state index is 13.2. The van der Waals surface area contributed by atoms with Crippen LogP contribution in [0.25, 0.3) is 0 Å². The molecule has 7 heteroatoms. The van der Waals surface area contributed by atoms with Crippen molar-refractivity contribution >= 4 is 15.9 Å². The number of rotatable bonds is 5. The van der Waals surface area contributed by atoms with Crippen LogP contribution >= 0.6 is 0 Å². The number of carbonyl (C=O) groups excluding carboxylic acids is 1. The van der Waals surface area contributed by atoms with Gasteiger partial charge in [-0.05, 0) is 36.4 Å². The third-order valence-electron chi connectivity index (χ3n) is 3.48. The van der Waals surface area contributed by atoms with Gasteiger partial charge in [-0.2, -0.15) is 8.42 Å². The van der Waals surface area contributed by atoms with E-state index in [2.05, 4.69) is 0 Å². The Labute approximate surface area is 148 Å². The summed E-state index contributed by atoms with van der Waals surface area (Å²) in [4.78, 5) is 11.7. The SMILES string of the molecule is O=C(c1ccccc1)c1ccc(OS(=O)(=O)c2cc(F)cc(F)c2)cc1. The molecule has 0 spiro atoms. The summed E-state index contributed by atoms with van der Waals surface area (Å²) in [5.74, 6) is -2.38. The first kappa shape index (κ1) is 17.8. The molecular formula is C19H12F2O4S. The fraction of sp³-hybridized carbons (Fsp3) is 0. The highest BCUT2D eigenvalue weighted by Gasteiger charge is 2.19. The van der Waals surface area contributed by atoms with E-state index in [1.54, 1.807) is 30.3 Å². The molecule has 0 radical (unpaired) electrons. The fourth-order valence-corrected chi connectivity index (χ4v) is 3.24. The Morgan fingerprint density at radius 2 is 1.31 bits per heavy atom. The number of halogens is 2. The lowest BCUT2D eigenvalue weighted by atomic mass is 10.0. The van der Waals surface area contributed by atoms with Gasteiger partial charge in [0, 0.05) is 17.2 Å². The summed E-state index contributed by atoms with van der Waals surface area (Å²) in [7, 11) is -4.41. The van der Waals surface area contributed by atoms with E-state index in [1.165, 1.54) is 24.3 Å². The summed E-state index contributed by atoms with van der Waals surface area (Å²) >= 11 is 0. The van der Waals surface area contributed by atoms with Crippen LogP contribution in [0, 0.1) is 11.6 Å². The maximum Gasteiger partial charge on any atom is 0.339 e. The molecule has 3 aromatic rings. The summed E-state index contributed by atoms with van der Waals surface area (Å²) in [5.41, 5.74) is 0.835. The second kappa shape index (κ2) is 7.05. The average molecular weight is 374 g/mol. The molecule has 4 nitrogen and oxygen atoms in total. The van der Waals surface area contributed by atoms with Gasteiger partial charge in [0.1, 0.15) is 22.3 Å². The van der Waals surface area contributed by atoms with Crippen molar-refractivity contribution in [1.29, 1.82) is 0 Å². The molecule has 26 heavy (non-hydrogen) atoms. The monoisotopic (exact) mass is 374 g/mol. The molecule has 3 rings (SSSR count). The van der Waals surface area contributed by atoms with E-state index >= 15 is 0 Å². The fourth-order valence-electron chi connectivity index (χ4n) is 2.27. The first-order valence-electron chi connectivity index (χ1n) is 7.45. The number of carbonyl (C=O) groups is 1. The molecule has 0 aromatic heterocycles. The Morgan fingerprint density at radius 1 is 0.769 bits per heavy atom. The van der Waals surface area contributed by atoms with Crippen molar-refractivity contribution in [2.45, 2.75) is 4.90 Å². The molecule has 0 amide bonds. The van der Waals surface area contributed by atoms with Crippen molar-refractivity contribution in [2.24, 2.45) is 0 Å². The molecule has 0 fully saturated rings. The molecular weight excluding hydrogens is 362 g/mol. The third-order valence-corrected chi connectivity index (χ3v) is 4.71. The number of benzene rings is 3. The summed E-state index contributed by atoms with van der Waals surface area (Å²) in [6, 6.07) is 15.9. The quantitative estimate of drug-likeness (QED) is 0.501. The second-order valence-electron chi connectivity index (χ2n) is 5.36. The van der Waals surface area contributed by atoms with E-state index in [0.29, 0.717) is 29.3 Å². The minimum atomic E-state index is -4.41. The number of ketones is 1. The van der Waals surface area contributed by atoms with Crippen LogP contribution in [0.5, 0.6) is 5.75 Å². The first-order chi connectivity index (χ1) is 12.3. The van der Waals surface area contributed by atoms with Crippen LogP contribution in [-0.4, -0.2) is 14.2 Å². The number of hydrogen-bond acceptors (Lipinski definition) is 4. The molecule has 0 bridgehead atoms. The zero-order valence-electron chi connectivity index (χ0n) is 13.2. The van der Waals surface area contributed by atoms with Gasteiger partial charge >= 0.3 is 10.1 Å². The Kier molecular flexibility index (Phi) is 4.81. The summed E-state index contributed by atoms with van der Waals surface area (Å²) in [5, 5.41) is 0. The lowest BCUT2D eigenvalue weighted by Gasteiger charge is -2.08. The van der Waals surface area contributed by atoms with E-state index in [-0.39, 0.29) is 11.5 Å². The smallest absolute Gasteiger partial charge is 0.339 e. The van der Waals surface area contributed by atoms with Gasteiger partial charge in [-0.25, -0.2) is 8.78 Å². The predicted octanol–water partition coefficient (Wildman–Crippen LogP) is 3.96. The van der Waals surface area contributed by atoms with Crippen LogP contribution in [0.4, 0.5) is 8.78 Å². The van der Waals surface area contributed by atoms with E-state index < -0.39 is 26.6 Å². The van der Waals surface area contributed by atoms with Gasteiger partial charge in [0.25, 0.3) is 0 Å². The molecule has 0 saturated carbocycles. The molecule has 0 N–H and O–H groups in total. The Hall–Kier alpha value is -3.06. The van der Waals surface area contributed by atoms with Gasteiger partial charge < -0.3 is 4.18 Å². The largest absolute Gasteiger partial charge is 0.379 e. The molecule has 0 heterocycles. The molecule has 0 unspecified atom stereocenters. The zero-order valence-corrected chi connectivity index (χ0v) is 14.0. The van der Waals surface area contributed by atoms with Crippen LogP contribution in [0.1, 0.15) is 15.9 Å². The highest BCUT2D eigenvalue weighted by atomic mass is 32.2. The molecule has 0 atom stereocenters. The summed E-state index contributed by atoms with van der Waals surface area (Å²) in [6.07, 6.45) is 0. The summed E-state index contributed by atoms with van der Waals surface area (Å²) < 4.78 is 55.5. The zero-order chi connectivity index (χ0) is 18.7. The van der Waals surface area contributed by atoms with Gasteiger partial charge in [-0.3, -0.25) is 4.79 Å². The maximum atomic E-state index is 13.2. The van der Waals surface area contributed by atoms with Crippen LogP contribution in [0.15, 0.2) is 77.7 Å². The van der Waals surface area contributed by atoms with Gasteiger partial charge in [0.15, 0.2) is 5.78 Å². The molecule has 132 valence electrons. The minimum Gasteiger partial charge on any atom is -0.379 e. The van der Waals surface area contributed by atoms with E-state index in [4.69, 9.17) is 4.18 Å². The van der Waals surface area contributed by atoms with Crippen molar-refractivity contribution < 1.29 is 26.2 Å². The third kappa shape index (κ3) is 3.94. The Bertz CT molecular complexity index is 1030. The van der Waals surface area contributed by atoms with Crippen LogP contribution in [-0.2, 0) is 10.1 Å². The van der Waals surface area contributed by atoms with E-state index in [1.807, 2.05) is 0 Å². The van der Waals surface area contributed by atoms with Crippen molar-refractivity contribution in [3.05, 3.63) is 95.6 Å². The van der Waals surface area contributed by atoms with Crippen LogP contribution < -0.4 is 4.18 Å². The predicted molar refractivity (Wildman–Crippen MR) is 90.5 cm³/mol. The van der Waals surface area contributed by atoms with Crippen molar-refractivity contribution in [2.75, 3.05) is 0 Å². The van der Waals surface area contributed by atoms with Gasteiger partial charge in [0.2, 0.25) is 0 Å². The molecule has 3 aromatic carbocycles. The minimum absolute atomic E-state index is 0.0840. The standard InChI is InChI=1S/C19H12F2O4S/c20-15-10-16(21)12-18(11-15)26(23,24)25-17-8-6-14(7-9-17)19(22)13-4-2-1-3-5-13/h1-12H. The Balaban J connectivity index is 1.82. The molecule has 0 saturated heterocycles. The Morgan fingerprint density at radius 3 is 1.88 bits per heavy atom. The normalized spacial score (nSPS) is 11.2.